The summed E-state index contributed by atoms with van der Waals surface area (Å²) in [6.07, 6.45) is 1.20. The summed E-state index contributed by atoms with van der Waals surface area (Å²) in [4.78, 5) is 12.5. The minimum Gasteiger partial charge on any atom is -0.349 e. The lowest BCUT2D eigenvalue weighted by Gasteiger charge is -2.21. The lowest BCUT2D eigenvalue weighted by molar-refractivity contribution is -0.125. The largest absolute Gasteiger partial charge is 0.349 e. The van der Waals surface area contributed by atoms with Crippen molar-refractivity contribution in [1.29, 1.82) is 0 Å². The summed E-state index contributed by atoms with van der Waals surface area (Å²) in [6.45, 7) is 1.48. The van der Waals surface area contributed by atoms with Gasteiger partial charge in [-0.25, -0.2) is 8.78 Å². The number of hydrogen-bond acceptors (Lipinski definition) is 2. The van der Waals surface area contributed by atoms with Crippen molar-refractivity contribution >= 4 is 18.3 Å². The Bertz CT molecular complexity index is 720. The van der Waals surface area contributed by atoms with Crippen LogP contribution in [0, 0.1) is 17.6 Å². The lowest BCUT2D eigenvalue weighted by atomic mass is 9.97. The quantitative estimate of drug-likeness (QED) is 0.851. The van der Waals surface area contributed by atoms with Gasteiger partial charge in [0.05, 0.1) is 12.0 Å². The van der Waals surface area contributed by atoms with E-state index in [0.717, 1.165) is 18.5 Å². The Morgan fingerprint density at radius 3 is 2.52 bits per heavy atom. The Kier molecular flexibility index (Phi) is 6.91. The zero-order valence-corrected chi connectivity index (χ0v) is 14.5. The topological polar surface area (TPSA) is 41.1 Å². The third-order valence-corrected chi connectivity index (χ3v) is 4.33. The predicted octanol–water partition coefficient (Wildman–Crippen LogP) is 3.40. The number of amides is 1. The summed E-state index contributed by atoms with van der Waals surface area (Å²) in [5.74, 6) is -0.801. The second-order valence-electron chi connectivity index (χ2n) is 6.14. The molecule has 3 nitrogen and oxygen atoms in total. The summed E-state index contributed by atoms with van der Waals surface area (Å²) in [7, 11) is 0. The van der Waals surface area contributed by atoms with Crippen LogP contribution in [0.1, 0.15) is 23.6 Å². The minimum atomic E-state index is -0.393. The van der Waals surface area contributed by atoms with Crippen LogP contribution in [0.25, 0.3) is 0 Å². The molecule has 0 saturated carbocycles. The number of halogens is 3. The molecule has 2 atom stereocenters. The van der Waals surface area contributed by atoms with E-state index in [1.165, 1.54) is 24.3 Å². The van der Waals surface area contributed by atoms with E-state index in [4.69, 9.17) is 0 Å². The van der Waals surface area contributed by atoms with E-state index in [-0.39, 0.29) is 35.9 Å². The van der Waals surface area contributed by atoms with E-state index in [0.29, 0.717) is 18.5 Å². The van der Waals surface area contributed by atoms with Crippen molar-refractivity contribution in [3.8, 4) is 0 Å². The first-order valence-corrected chi connectivity index (χ1v) is 8.13. The van der Waals surface area contributed by atoms with Crippen molar-refractivity contribution in [2.24, 2.45) is 5.92 Å². The van der Waals surface area contributed by atoms with Crippen LogP contribution in [0.3, 0.4) is 0 Å². The first-order chi connectivity index (χ1) is 11.6. The highest BCUT2D eigenvalue weighted by Crippen LogP contribution is 2.21. The van der Waals surface area contributed by atoms with Crippen molar-refractivity contribution < 1.29 is 13.6 Å². The molecule has 0 aromatic heterocycles. The third-order valence-electron chi connectivity index (χ3n) is 4.33. The molecule has 1 saturated heterocycles. The second kappa shape index (κ2) is 8.92. The molecule has 0 radical (unpaired) electrons. The number of benzene rings is 2. The summed E-state index contributed by atoms with van der Waals surface area (Å²) < 4.78 is 27.0. The normalized spacial score (nSPS) is 17.6. The van der Waals surface area contributed by atoms with E-state index < -0.39 is 6.04 Å². The molecule has 134 valence electrons. The Morgan fingerprint density at radius 2 is 1.88 bits per heavy atom. The predicted molar refractivity (Wildman–Crippen MR) is 95.6 cm³/mol. The highest BCUT2D eigenvalue weighted by molar-refractivity contribution is 5.85. The number of hydrogen-bond donors (Lipinski definition) is 2. The van der Waals surface area contributed by atoms with Crippen LogP contribution in [0.15, 0.2) is 48.5 Å². The van der Waals surface area contributed by atoms with E-state index in [1.807, 2.05) is 0 Å². The molecule has 1 heterocycles. The molecule has 0 aliphatic carbocycles. The number of nitrogens with one attached hydrogen (secondary N) is 2. The molecule has 2 N–H and O–H groups in total. The molecule has 1 amide bonds. The molecule has 3 rings (SSSR count). The molecule has 1 aliphatic rings. The fourth-order valence-electron chi connectivity index (χ4n) is 3.04. The molecule has 1 fully saturated rings. The van der Waals surface area contributed by atoms with Gasteiger partial charge in [0.25, 0.3) is 0 Å². The van der Waals surface area contributed by atoms with Crippen LogP contribution in [0.5, 0.6) is 0 Å². The molecule has 0 spiro atoms. The number of carbonyl (C=O) groups excluding carboxylic acids is 1. The fraction of sp³-hybridized carbons (Fsp3) is 0.316. The second-order valence-corrected chi connectivity index (χ2v) is 6.14. The summed E-state index contributed by atoms with van der Waals surface area (Å²) in [6, 6.07) is 12.0. The van der Waals surface area contributed by atoms with Crippen molar-refractivity contribution in [2.75, 3.05) is 13.1 Å². The first-order valence-electron chi connectivity index (χ1n) is 8.13. The SMILES string of the molecule is Cl.O=C(NC(Cc1cccc(F)c1)c1cccc(F)c1)C1CCNC1. The van der Waals surface area contributed by atoms with E-state index >= 15 is 0 Å². The average Bonchev–Trinajstić information content (AvgIpc) is 3.09. The highest BCUT2D eigenvalue weighted by Gasteiger charge is 2.25. The Hall–Kier alpha value is -1.98. The van der Waals surface area contributed by atoms with Crippen LogP contribution in [0.4, 0.5) is 8.78 Å². The standard InChI is InChI=1S/C19H20F2N2O.ClH/c20-16-5-1-3-13(9-16)10-18(14-4-2-6-17(21)11-14)23-19(24)15-7-8-22-12-15;/h1-6,9,11,15,18,22H,7-8,10,12H2,(H,23,24);1H. The molecule has 25 heavy (non-hydrogen) atoms. The van der Waals surface area contributed by atoms with Crippen LogP contribution in [0.2, 0.25) is 0 Å². The van der Waals surface area contributed by atoms with Crippen LogP contribution >= 0.6 is 12.4 Å². The van der Waals surface area contributed by atoms with Crippen molar-refractivity contribution in [1.82, 2.24) is 10.6 Å². The van der Waals surface area contributed by atoms with Crippen LogP contribution in [-0.4, -0.2) is 19.0 Å². The lowest BCUT2D eigenvalue weighted by Crippen LogP contribution is -2.36. The maximum absolute atomic E-state index is 13.6. The fourth-order valence-corrected chi connectivity index (χ4v) is 3.04. The van der Waals surface area contributed by atoms with Crippen molar-refractivity contribution in [3.63, 3.8) is 0 Å². The zero-order valence-electron chi connectivity index (χ0n) is 13.7. The van der Waals surface area contributed by atoms with Gasteiger partial charge in [-0.2, -0.15) is 0 Å². The Labute approximate surface area is 152 Å². The van der Waals surface area contributed by atoms with Gasteiger partial charge in [0.15, 0.2) is 0 Å². The first kappa shape index (κ1) is 19.3. The van der Waals surface area contributed by atoms with Gasteiger partial charge < -0.3 is 10.6 Å². The summed E-state index contributed by atoms with van der Waals surface area (Å²) in [5, 5.41) is 6.16. The number of rotatable bonds is 5. The molecule has 2 aromatic carbocycles. The highest BCUT2D eigenvalue weighted by atomic mass is 35.5. The van der Waals surface area contributed by atoms with E-state index in [2.05, 4.69) is 10.6 Å². The van der Waals surface area contributed by atoms with Gasteiger partial charge in [-0.15, -0.1) is 12.4 Å². The Morgan fingerprint density at radius 1 is 1.16 bits per heavy atom. The van der Waals surface area contributed by atoms with Crippen molar-refractivity contribution in [2.45, 2.75) is 18.9 Å². The van der Waals surface area contributed by atoms with E-state index in [9.17, 15) is 13.6 Å². The Balaban J connectivity index is 0.00000225. The molecule has 2 unspecified atom stereocenters. The molecular formula is C19H21ClF2N2O. The molecule has 6 heteroatoms. The van der Waals surface area contributed by atoms with Gasteiger partial charge in [0, 0.05) is 6.54 Å². The van der Waals surface area contributed by atoms with Crippen LogP contribution in [-0.2, 0) is 11.2 Å². The van der Waals surface area contributed by atoms with Gasteiger partial charge in [-0.05, 0) is 54.8 Å². The monoisotopic (exact) mass is 366 g/mol. The van der Waals surface area contributed by atoms with Crippen molar-refractivity contribution in [3.05, 3.63) is 71.3 Å². The maximum atomic E-state index is 13.6. The van der Waals surface area contributed by atoms with Gasteiger partial charge in [0.1, 0.15) is 11.6 Å². The minimum absolute atomic E-state index is 0. The van der Waals surface area contributed by atoms with Gasteiger partial charge in [-0.3, -0.25) is 4.79 Å². The third kappa shape index (κ3) is 5.25. The smallest absolute Gasteiger partial charge is 0.224 e. The number of carbonyl (C=O) groups is 1. The molecular weight excluding hydrogens is 346 g/mol. The van der Waals surface area contributed by atoms with Gasteiger partial charge >= 0.3 is 0 Å². The molecule has 0 bridgehead atoms. The zero-order chi connectivity index (χ0) is 16.9. The molecule has 1 aliphatic heterocycles. The van der Waals surface area contributed by atoms with E-state index in [1.54, 1.807) is 24.3 Å². The van der Waals surface area contributed by atoms with Gasteiger partial charge in [0.2, 0.25) is 5.91 Å². The summed E-state index contributed by atoms with van der Waals surface area (Å²) in [5.41, 5.74) is 1.44. The average molecular weight is 367 g/mol. The van der Waals surface area contributed by atoms with Crippen LogP contribution < -0.4 is 10.6 Å². The maximum Gasteiger partial charge on any atom is 0.224 e. The van der Waals surface area contributed by atoms with Gasteiger partial charge in [-0.1, -0.05) is 24.3 Å². The summed E-state index contributed by atoms with van der Waals surface area (Å²) >= 11 is 0. The molecule has 2 aromatic rings.